The molecule has 0 saturated carbocycles. The van der Waals surface area contributed by atoms with Crippen LogP contribution in [-0.4, -0.2) is 21.0 Å². The summed E-state index contributed by atoms with van der Waals surface area (Å²) in [4.78, 5) is 11.4. The van der Waals surface area contributed by atoms with E-state index in [0.29, 0.717) is 17.8 Å². The van der Waals surface area contributed by atoms with Gasteiger partial charge in [0.05, 0.1) is 4.90 Å². The molecule has 0 aliphatic rings. The molecule has 0 atom stereocenters. The maximum absolute atomic E-state index is 11.9. The van der Waals surface area contributed by atoms with Gasteiger partial charge in [-0.05, 0) is 37.1 Å². The van der Waals surface area contributed by atoms with Gasteiger partial charge in [-0.15, -0.1) is 0 Å². The van der Waals surface area contributed by atoms with Crippen LogP contribution < -0.4 is 15.8 Å². The van der Waals surface area contributed by atoms with Crippen LogP contribution in [0.25, 0.3) is 0 Å². The largest absolute Gasteiger partial charge is 0.399 e. The van der Waals surface area contributed by atoms with Gasteiger partial charge in [0.15, 0.2) is 0 Å². The van der Waals surface area contributed by atoms with Gasteiger partial charge in [0.1, 0.15) is 0 Å². The van der Waals surface area contributed by atoms with Gasteiger partial charge in [0, 0.05) is 12.2 Å². The lowest BCUT2D eigenvalue weighted by Crippen LogP contribution is -2.39. The third-order valence-corrected chi connectivity index (χ3v) is 3.74. The van der Waals surface area contributed by atoms with E-state index in [1.54, 1.807) is 13.0 Å². The molecule has 18 heavy (non-hydrogen) atoms. The molecule has 0 radical (unpaired) electrons. The Balaban J connectivity index is 2.90. The van der Waals surface area contributed by atoms with Crippen LogP contribution in [0.1, 0.15) is 18.9 Å². The van der Waals surface area contributed by atoms with E-state index in [1.165, 1.54) is 12.1 Å². The Morgan fingerprint density at radius 1 is 1.39 bits per heavy atom. The second-order valence-electron chi connectivity index (χ2n) is 3.89. The summed E-state index contributed by atoms with van der Waals surface area (Å²) in [7, 11) is -3.85. The molecule has 0 aliphatic carbocycles. The number of amides is 2. The summed E-state index contributed by atoms with van der Waals surface area (Å²) in [5.74, 6) is 0. The van der Waals surface area contributed by atoms with E-state index < -0.39 is 16.1 Å². The predicted molar refractivity (Wildman–Crippen MR) is 69.6 cm³/mol. The smallest absolute Gasteiger partial charge is 0.328 e. The van der Waals surface area contributed by atoms with Crippen LogP contribution >= 0.6 is 0 Å². The number of sulfonamides is 1. The molecule has 0 aromatic heterocycles. The lowest BCUT2D eigenvalue weighted by atomic mass is 10.2. The number of hydrogen-bond acceptors (Lipinski definition) is 4. The predicted octanol–water partition coefficient (Wildman–Crippen LogP) is 0.975. The Hall–Kier alpha value is -1.76. The molecule has 7 heteroatoms. The summed E-state index contributed by atoms with van der Waals surface area (Å²) in [5, 5.41) is 2.44. The van der Waals surface area contributed by atoms with Crippen LogP contribution in [-0.2, 0) is 10.0 Å². The molecule has 1 aromatic carbocycles. The fraction of sp³-hybridized carbons (Fsp3) is 0.364. The Bertz CT molecular complexity index is 540. The van der Waals surface area contributed by atoms with Gasteiger partial charge in [0.25, 0.3) is 10.0 Å². The van der Waals surface area contributed by atoms with Gasteiger partial charge in [-0.25, -0.2) is 17.9 Å². The van der Waals surface area contributed by atoms with E-state index in [2.05, 4.69) is 5.32 Å². The molecule has 100 valence electrons. The molecular formula is C11H17N3O3S. The van der Waals surface area contributed by atoms with E-state index in [9.17, 15) is 13.2 Å². The van der Waals surface area contributed by atoms with Gasteiger partial charge in [0.2, 0.25) is 0 Å². The van der Waals surface area contributed by atoms with Crippen molar-refractivity contribution in [2.45, 2.75) is 25.2 Å². The van der Waals surface area contributed by atoms with Crippen molar-refractivity contribution >= 4 is 21.7 Å². The third kappa shape index (κ3) is 3.63. The topological polar surface area (TPSA) is 101 Å². The molecule has 2 amide bonds. The molecule has 4 N–H and O–H groups in total. The van der Waals surface area contributed by atoms with Gasteiger partial charge >= 0.3 is 6.03 Å². The lowest BCUT2D eigenvalue weighted by Gasteiger charge is -2.10. The number of nitrogen functional groups attached to an aromatic ring is 1. The molecule has 0 bridgehead atoms. The first-order chi connectivity index (χ1) is 8.36. The third-order valence-electron chi connectivity index (χ3n) is 2.25. The van der Waals surface area contributed by atoms with Crippen molar-refractivity contribution in [3.05, 3.63) is 23.8 Å². The highest BCUT2D eigenvalue weighted by atomic mass is 32.2. The van der Waals surface area contributed by atoms with Crippen molar-refractivity contribution < 1.29 is 13.2 Å². The normalized spacial score (nSPS) is 11.0. The summed E-state index contributed by atoms with van der Waals surface area (Å²) in [6.45, 7) is 3.91. The monoisotopic (exact) mass is 271 g/mol. The Morgan fingerprint density at radius 3 is 2.61 bits per heavy atom. The number of nitrogens with two attached hydrogens (primary N) is 1. The summed E-state index contributed by atoms with van der Waals surface area (Å²) in [6, 6.07) is 3.66. The van der Waals surface area contributed by atoms with E-state index in [1.807, 2.05) is 11.6 Å². The summed E-state index contributed by atoms with van der Waals surface area (Å²) in [6.07, 6.45) is 0.731. The average molecular weight is 271 g/mol. The van der Waals surface area contributed by atoms with Crippen molar-refractivity contribution in [1.29, 1.82) is 0 Å². The quantitative estimate of drug-likeness (QED) is 0.710. The zero-order valence-electron chi connectivity index (χ0n) is 10.4. The van der Waals surface area contributed by atoms with E-state index in [0.717, 1.165) is 6.42 Å². The SMILES string of the molecule is CCCNC(=O)NS(=O)(=O)c1ccc(N)cc1C. The molecule has 0 heterocycles. The van der Waals surface area contributed by atoms with Crippen molar-refractivity contribution in [2.24, 2.45) is 0 Å². The first-order valence-corrected chi connectivity index (χ1v) is 7.02. The van der Waals surface area contributed by atoms with Crippen LogP contribution in [0.4, 0.5) is 10.5 Å². The molecule has 1 aromatic rings. The zero-order chi connectivity index (χ0) is 13.8. The first kappa shape index (κ1) is 14.3. The second kappa shape index (κ2) is 5.72. The summed E-state index contributed by atoms with van der Waals surface area (Å²) in [5.41, 5.74) is 6.51. The molecule has 0 spiro atoms. The number of aryl methyl sites for hydroxylation is 1. The van der Waals surface area contributed by atoms with Crippen LogP contribution in [0.5, 0.6) is 0 Å². The number of carbonyl (C=O) groups excluding carboxylic acids is 1. The van der Waals surface area contributed by atoms with Crippen LogP contribution in [0.15, 0.2) is 23.1 Å². The van der Waals surface area contributed by atoms with Crippen LogP contribution in [0.2, 0.25) is 0 Å². The highest BCUT2D eigenvalue weighted by Crippen LogP contribution is 2.17. The standard InChI is InChI=1S/C11H17N3O3S/c1-3-6-13-11(15)14-18(16,17)10-5-4-9(12)7-8(10)2/h4-5,7H,3,6,12H2,1-2H3,(H2,13,14,15). The minimum absolute atomic E-state index is 0.0448. The highest BCUT2D eigenvalue weighted by Gasteiger charge is 2.19. The number of carbonyl (C=O) groups is 1. The minimum atomic E-state index is -3.85. The maximum Gasteiger partial charge on any atom is 0.328 e. The van der Waals surface area contributed by atoms with Crippen LogP contribution in [0.3, 0.4) is 0 Å². The number of anilines is 1. The number of urea groups is 1. The number of hydrogen-bond donors (Lipinski definition) is 3. The fourth-order valence-electron chi connectivity index (χ4n) is 1.43. The van der Waals surface area contributed by atoms with Crippen molar-refractivity contribution in [2.75, 3.05) is 12.3 Å². The lowest BCUT2D eigenvalue weighted by molar-refractivity contribution is 0.246. The van der Waals surface area contributed by atoms with Gasteiger partial charge in [-0.3, -0.25) is 0 Å². The highest BCUT2D eigenvalue weighted by molar-refractivity contribution is 7.90. The summed E-state index contributed by atoms with van der Waals surface area (Å²) >= 11 is 0. The zero-order valence-corrected chi connectivity index (χ0v) is 11.2. The average Bonchev–Trinajstić information content (AvgIpc) is 2.25. The van der Waals surface area contributed by atoms with Crippen LogP contribution in [0, 0.1) is 6.92 Å². The fourth-order valence-corrected chi connectivity index (χ4v) is 2.58. The second-order valence-corrected chi connectivity index (χ2v) is 5.54. The molecule has 0 fully saturated rings. The minimum Gasteiger partial charge on any atom is -0.399 e. The van der Waals surface area contributed by atoms with Gasteiger partial charge in [-0.1, -0.05) is 6.92 Å². The Kier molecular flexibility index (Phi) is 4.55. The number of rotatable bonds is 4. The number of nitrogens with one attached hydrogen (secondary N) is 2. The Labute approximate surface area is 107 Å². The van der Waals surface area contributed by atoms with Crippen molar-refractivity contribution in [1.82, 2.24) is 10.0 Å². The molecule has 0 saturated heterocycles. The molecule has 6 nitrogen and oxygen atoms in total. The van der Waals surface area contributed by atoms with E-state index in [-0.39, 0.29) is 4.90 Å². The maximum atomic E-state index is 11.9. The Morgan fingerprint density at radius 2 is 2.06 bits per heavy atom. The summed E-state index contributed by atoms with van der Waals surface area (Å²) < 4.78 is 25.8. The van der Waals surface area contributed by atoms with Gasteiger partial charge in [-0.2, -0.15) is 0 Å². The van der Waals surface area contributed by atoms with Crippen molar-refractivity contribution in [3.63, 3.8) is 0 Å². The first-order valence-electron chi connectivity index (χ1n) is 5.53. The van der Waals surface area contributed by atoms with E-state index >= 15 is 0 Å². The molecule has 0 aliphatic heterocycles. The van der Waals surface area contributed by atoms with E-state index in [4.69, 9.17) is 5.73 Å². The van der Waals surface area contributed by atoms with Gasteiger partial charge < -0.3 is 11.1 Å². The number of benzene rings is 1. The molecule has 1 rings (SSSR count). The van der Waals surface area contributed by atoms with Crippen molar-refractivity contribution in [3.8, 4) is 0 Å². The molecule has 0 unspecified atom stereocenters. The molecular weight excluding hydrogens is 254 g/mol.